The zero-order chi connectivity index (χ0) is 15.4. The Hall–Kier alpha value is -2.96. The van der Waals surface area contributed by atoms with Gasteiger partial charge in [0, 0.05) is 11.9 Å². The standard InChI is InChI=1S/C14H12FN3O3/c1-8-4-5-16-7-12(8)18-14(21)17-9-2-3-10(13(19)20)11(15)6-9/h2-7H,1H3,(H,19,20)(H2,17,18,21). The molecule has 21 heavy (non-hydrogen) atoms. The van der Waals surface area contributed by atoms with E-state index >= 15 is 0 Å². The highest BCUT2D eigenvalue weighted by Gasteiger charge is 2.12. The van der Waals surface area contributed by atoms with Gasteiger partial charge in [0.25, 0.3) is 0 Å². The first-order valence-corrected chi connectivity index (χ1v) is 5.99. The molecule has 0 atom stereocenters. The lowest BCUT2D eigenvalue weighted by Crippen LogP contribution is -2.20. The number of carbonyl (C=O) groups excluding carboxylic acids is 1. The van der Waals surface area contributed by atoms with Crippen LogP contribution in [0.15, 0.2) is 36.7 Å². The topological polar surface area (TPSA) is 91.3 Å². The number of carbonyl (C=O) groups is 2. The van der Waals surface area contributed by atoms with Crippen molar-refractivity contribution in [2.75, 3.05) is 10.6 Å². The van der Waals surface area contributed by atoms with Crippen molar-refractivity contribution in [2.24, 2.45) is 0 Å². The Morgan fingerprint density at radius 1 is 1.24 bits per heavy atom. The van der Waals surface area contributed by atoms with Crippen molar-refractivity contribution in [1.82, 2.24) is 4.98 Å². The Kier molecular flexibility index (Phi) is 4.13. The second-order valence-corrected chi connectivity index (χ2v) is 4.27. The molecule has 1 heterocycles. The molecule has 1 aromatic carbocycles. The average Bonchev–Trinajstić information content (AvgIpc) is 2.41. The average molecular weight is 289 g/mol. The van der Waals surface area contributed by atoms with Gasteiger partial charge < -0.3 is 15.7 Å². The van der Waals surface area contributed by atoms with Gasteiger partial charge in [-0.1, -0.05) is 0 Å². The molecule has 2 amide bonds. The van der Waals surface area contributed by atoms with Crippen LogP contribution < -0.4 is 10.6 Å². The molecule has 2 rings (SSSR count). The van der Waals surface area contributed by atoms with Crippen molar-refractivity contribution < 1.29 is 19.1 Å². The maximum atomic E-state index is 13.5. The van der Waals surface area contributed by atoms with E-state index < -0.39 is 23.4 Å². The smallest absolute Gasteiger partial charge is 0.338 e. The molecule has 6 nitrogen and oxygen atoms in total. The Balaban J connectivity index is 2.08. The van der Waals surface area contributed by atoms with E-state index in [-0.39, 0.29) is 5.69 Å². The van der Waals surface area contributed by atoms with Crippen LogP contribution in [0.1, 0.15) is 15.9 Å². The Morgan fingerprint density at radius 2 is 2.00 bits per heavy atom. The maximum absolute atomic E-state index is 13.5. The molecular weight excluding hydrogens is 277 g/mol. The number of carboxylic acid groups (broad SMARTS) is 1. The number of halogens is 1. The van der Waals surface area contributed by atoms with Crippen molar-refractivity contribution in [3.8, 4) is 0 Å². The number of hydrogen-bond acceptors (Lipinski definition) is 3. The first-order valence-electron chi connectivity index (χ1n) is 5.99. The van der Waals surface area contributed by atoms with E-state index in [9.17, 15) is 14.0 Å². The number of urea groups is 1. The maximum Gasteiger partial charge on any atom is 0.338 e. The van der Waals surface area contributed by atoms with Crippen LogP contribution in [-0.2, 0) is 0 Å². The molecule has 0 fully saturated rings. The van der Waals surface area contributed by atoms with Gasteiger partial charge in [-0.3, -0.25) is 4.98 Å². The van der Waals surface area contributed by atoms with Crippen LogP contribution in [-0.4, -0.2) is 22.1 Å². The summed E-state index contributed by atoms with van der Waals surface area (Å²) in [6, 6.07) is 4.49. The van der Waals surface area contributed by atoms with Gasteiger partial charge in [0.15, 0.2) is 0 Å². The zero-order valence-electron chi connectivity index (χ0n) is 11.1. The fourth-order valence-corrected chi connectivity index (χ4v) is 1.65. The first-order chi connectivity index (χ1) is 9.97. The van der Waals surface area contributed by atoms with Crippen molar-refractivity contribution >= 4 is 23.4 Å². The predicted molar refractivity (Wildman–Crippen MR) is 75.0 cm³/mol. The zero-order valence-corrected chi connectivity index (χ0v) is 11.1. The van der Waals surface area contributed by atoms with Crippen LogP contribution in [0.25, 0.3) is 0 Å². The number of anilines is 2. The van der Waals surface area contributed by atoms with Gasteiger partial charge in [-0.15, -0.1) is 0 Å². The summed E-state index contributed by atoms with van der Waals surface area (Å²) < 4.78 is 13.5. The highest BCUT2D eigenvalue weighted by atomic mass is 19.1. The van der Waals surface area contributed by atoms with Gasteiger partial charge >= 0.3 is 12.0 Å². The van der Waals surface area contributed by atoms with Gasteiger partial charge in [0.1, 0.15) is 5.82 Å². The molecule has 0 aliphatic rings. The molecule has 0 aliphatic carbocycles. The number of nitrogens with one attached hydrogen (secondary N) is 2. The number of rotatable bonds is 3. The third kappa shape index (κ3) is 3.53. The molecule has 0 unspecified atom stereocenters. The predicted octanol–water partition coefficient (Wildman–Crippen LogP) is 2.87. The lowest BCUT2D eigenvalue weighted by atomic mass is 10.2. The highest BCUT2D eigenvalue weighted by Crippen LogP contribution is 2.16. The summed E-state index contributed by atoms with van der Waals surface area (Å²) in [7, 11) is 0. The summed E-state index contributed by atoms with van der Waals surface area (Å²) >= 11 is 0. The quantitative estimate of drug-likeness (QED) is 0.810. The van der Waals surface area contributed by atoms with Crippen molar-refractivity contribution in [2.45, 2.75) is 6.92 Å². The van der Waals surface area contributed by atoms with Gasteiger partial charge in [0.2, 0.25) is 0 Å². The monoisotopic (exact) mass is 289 g/mol. The molecule has 108 valence electrons. The first kappa shape index (κ1) is 14.4. The fourth-order valence-electron chi connectivity index (χ4n) is 1.65. The van der Waals surface area contributed by atoms with Gasteiger partial charge in [-0.05, 0) is 36.8 Å². The summed E-state index contributed by atoms with van der Waals surface area (Å²) in [4.78, 5) is 26.3. The molecule has 0 aliphatic heterocycles. The Morgan fingerprint density at radius 3 is 2.62 bits per heavy atom. The minimum atomic E-state index is -1.37. The lowest BCUT2D eigenvalue weighted by Gasteiger charge is -2.09. The molecule has 0 bridgehead atoms. The fraction of sp³-hybridized carbons (Fsp3) is 0.0714. The van der Waals surface area contributed by atoms with Crippen LogP contribution in [0, 0.1) is 12.7 Å². The van der Waals surface area contributed by atoms with E-state index in [1.54, 1.807) is 19.2 Å². The number of aromatic nitrogens is 1. The summed E-state index contributed by atoms with van der Waals surface area (Å²) in [5.74, 6) is -2.28. The lowest BCUT2D eigenvalue weighted by molar-refractivity contribution is 0.0692. The van der Waals surface area contributed by atoms with E-state index in [1.807, 2.05) is 0 Å². The molecule has 0 radical (unpaired) electrons. The number of benzene rings is 1. The van der Waals surface area contributed by atoms with Crippen molar-refractivity contribution in [3.63, 3.8) is 0 Å². The molecule has 0 saturated heterocycles. The van der Waals surface area contributed by atoms with E-state index in [4.69, 9.17) is 5.11 Å². The number of amides is 2. The van der Waals surface area contributed by atoms with Gasteiger partial charge in [0.05, 0.1) is 17.4 Å². The van der Waals surface area contributed by atoms with Crippen molar-refractivity contribution in [3.05, 3.63) is 53.6 Å². The van der Waals surface area contributed by atoms with Crippen LogP contribution in [0.3, 0.4) is 0 Å². The van der Waals surface area contributed by atoms with Crippen LogP contribution in [0.2, 0.25) is 0 Å². The number of carboxylic acids is 1. The summed E-state index contributed by atoms with van der Waals surface area (Å²) in [6.07, 6.45) is 3.08. The molecule has 1 aromatic heterocycles. The number of aryl methyl sites for hydroxylation is 1. The molecule has 2 aromatic rings. The number of aromatic carboxylic acids is 1. The van der Waals surface area contributed by atoms with Gasteiger partial charge in [-0.2, -0.15) is 0 Å². The summed E-state index contributed by atoms with van der Waals surface area (Å²) in [5.41, 5.74) is 1.05. The minimum Gasteiger partial charge on any atom is -0.478 e. The SMILES string of the molecule is Cc1ccncc1NC(=O)Nc1ccc(C(=O)O)c(F)c1. The van der Waals surface area contributed by atoms with Crippen molar-refractivity contribution in [1.29, 1.82) is 0 Å². The molecular formula is C14H12FN3O3. The third-order valence-electron chi connectivity index (χ3n) is 2.74. The largest absolute Gasteiger partial charge is 0.478 e. The van der Waals surface area contributed by atoms with Crippen LogP contribution in [0.5, 0.6) is 0 Å². The van der Waals surface area contributed by atoms with E-state index in [0.29, 0.717) is 5.69 Å². The van der Waals surface area contributed by atoms with Crippen LogP contribution in [0.4, 0.5) is 20.6 Å². The second-order valence-electron chi connectivity index (χ2n) is 4.27. The second kappa shape index (κ2) is 6.00. The van der Waals surface area contributed by atoms with Crippen LogP contribution >= 0.6 is 0 Å². The normalized spacial score (nSPS) is 10.0. The number of pyridine rings is 1. The number of nitrogens with zero attached hydrogens (tertiary/aromatic N) is 1. The Labute approximate surface area is 119 Å². The van der Waals surface area contributed by atoms with E-state index in [0.717, 1.165) is 17.7 Å². The van der Waals surface area contributed by atoms with E-state index in [1.165, 1.54) is 12.3 Å². The molecule has 0 spiro atoms. The molecule has 7 heteroatoms. The summed E-state index contributed by atoms with van der Waals surface area (Å²) in [5, 5.41) is 13.7. The molecule has 0 saturated carbocycles. The minimum absolute atomic E-state index is 0.150. The highest BCUT2D eigenvalue weighted by molar-refractivity contribution is 6.00. The Bertz CT molecular complexity index is 704. The number of hydrogen-bond donors (Lipinski definition) is 3. The third-order valence-corrected chi connectivity index (χ3v) is 2.74. The van der Waals surface area contributed by atoms with E-state index in [2.05, 4.69) is 15.6 Å². The van der Waals surface area contributed by atoms with Gasteiger partial charge in [-0.25, -0.2) is 14.0 Å². The summed E-state index contributed by atoms with van der Waals surface area (Å²) in [6.45, 7) is 1.80. The molecule has 3 N–H and O–H groups in total.